The first-order chi connectivity index (χ1) is 6.40. The maximum absolute atomic E-state index is 11.3. The first kappa shape index (κ1) is 11.4. The summed E-state index contributed by atoms with van der Waals surface area (Å²) < 4.78 is 10.6. The zero-order valence-electron chi connectivity index (χ0n) is 7.05. The van der Waals surface area contributed by atoms with Crippen LogP contribution >= 0.6 is 19.2 Å². The summed E-state index contributed by atoms with van der Waals surface area (Å²) >= 11 is 5.67. The first-order valence-electron chi connectivity index (χ1n) is 3.72. The Bertz CT molecular complexity index is 398. The topological polar surface area (TPSA) is 74.6 Å². The summed E-state index contributed by atoms with van der Waals surface area (Å²) in [6, 6.07) is 6.14. The highest BCUT2D eigenvalue weighted by Gasteiger charge is 2.21. The maximum Gasteiger partial charge on any atom is 0.333 e. The molecule has 0 saturated carbocycles. The largest absolute Gasteiger partial charge is 0.333 e. The van der Waals surface area contributed by atoms with Crippen molar-refractivity contribution in [3.8, 4) is 0 Å². The van der Waals surface area contributed by atoms with Gasteiger partial charge in [-0.1, -0.05) is 23.7 Å². The number of ketones is 1. The van der Waals surface area contributed by atoms with Crippen molar-refractivity contribution in [2.75, 3.05) is 6.16 Å². The van der Waals surface area contributed by atoms with Gasteiger partial charge in [0, 0.05) is 5.56 Å². The maximum atomic E-state index is 11.3. The van der Waals surface area contributed by atoms with E-state index in [-0.39, 0.29) is 10.6 Å². The first-order valence-corrected chi connectivity index (χ1v) is 5.90. The van der Waals surface area contributed by atoms with E-state index in [4.69, 9.17) is 21.4 Å². The van der Waals surface area contributed by atoms with Gasteiger partial charge in [-0.25, -0.2) is 0 Å². The molecule has 1 aromatic rings. The molecule has 76 valence electrons. The number of benzene rings is 1. The molecule has 4 nitrogen and oxygen atoms in total. The molecule has 0 amide bonds. The molecule has 0 radical (unpaired) electrons. The van der Waals surface area contributed by atoms with E-state index in [1.54, 1.807) is 12.1 Å². The smallest absolute Gasteiger partial charge is 0.324 e. The highest BCUT2D eigenvalue weighted by molar-refractivity contribution is 7.52. The minimum absolute atomic E-state index is 0.137. The van der Waals surface area contributed by atoms with Gasteiger partial charge in [0.1, 0.15) is 6.16 Å². The number of carbonyl (C=O) groups is 1. The molecule has 1 aromatic carbocycles. The molecule has 2 N–H and O–H groups in total. The molecule has 0 aliphatic carbocycles. The molecule has 0 atom stereocenters. The molecule has 0 heterocycles. The van der Waals surface area contributed by atoms with E-state index < -0.39 is 19.5 Å². The lowest BCUT2D eigenvalue weighted by Gasteiger charge is -2.04. The standard InChI is InChI=1S/C8H8ClO4P/c9-7-4-2-1-3-6(7)8(10)5-14(11,12)13/h1-4H,5H2,(H2,11,12,13). The van der Waals surface area contributed by atoms with Crippen LogP contribution in [-0.4, -0.2) is 21.7 Å². The summed E-state index contributed by atoms with van der Waals surface area (Å²) in [6.07, 6.45) is -0.809. The van der Waals surface area contributed by atoms with Gasteiger partial charge >= 0.3 is 7.60 Å². The molecule has 0 aliphatic rings. The summed E-state index contributed by atoms with van der Waals surface area (Å²) in [6.45, 7) is 0. The SMILES string of the molecule is O=C(CP(=O)(O)O)c1ccccc1Cl. The van der Waals surface area contributed by atoms with Crippen LogP contribution in [0.2, 0.25) is 5.02 Å². The van der Waals surface area contributed by atoms with E-state index in [0.717, 1.165) is 0 Å². The average Bonchev–Trinajstić information content (AvgIpc) is 2.01. The summed E-state index contributed by atoms with van der Waals surface area (Å²) in [5, 5.41) is 0.200. The molecular formula is C8H8ClO4P. The van der Waals surface area contributed by atoms with Crippen LogP contribution in [0.1, 0.15) is 10.4 Å². The second-order valence-electron chi connectivity index (χ2n) is 2.73. The zero-order valence-corrected chi connectivity index (χ0v) is 8.70. The Hall–Kier alpha value is -0.670. The lowest BCUT2D eigenvalue weighted by molar-refractivity contribution is 0.101. The van der Waals surface area contributed by atoms with Gasteiger partial charge in [-0.3, -0.25) is 9.36 Å². The monoisotopic (exact) mass is 234 g/mol. The van der Waals surface area contributed by atoms with E-state index >= 15 is 0 Å². The molecule has 0 unspecified atom stereocenters. The van der Waals surface area contributed by atoms with Crippen molar-refractivity contribution < 1.29 is 19.1 Å². The third kappa shape index (κ3) is 3.24. The molecule has 6 heteroatoms. The zero-order chi connectivity index (χ0) is 10.8. The van der Waals surface area contributed by atoms with E-state index in [0.29, 0.717) is 0 Å². The third-order valence-corrected chi connectivity index (χ3v) is 2.55. The number of halogens is 1. The Labute approximate surface area is 85.7 Å². The van der Waals surface area contributed by atoms with Crippen LogP contribution in [0.3, 0.4) is 0 Å². The predicted molar refractivity (Wildman–Crippen MR) is 52.7 cm³/mol. The lowest BCUT2D eigenvalue weighted by Crippen LogP contribution is -2.06. The van der Waals surface area contributed by atoms with Gasteiger partial charge in [0.25, 0.3) is 0 Å². The van der Waals surface area contributed by atoms with Crippen LogP contribution in [0.15, 0.2) is 24.3 Å². The van der Waals surface area contributed by atoms with Crippen LogP contribution in [-0.2, 0) is 4.57 Å². The second kappa shape index (κ2) is 4.24. The Morgan fingerprint density at radius 3 is 2.43 bits per heavy atom. The predicted octanol–water partition coefficient (Wildman–Crippen LogP) is 1.70. The van der Waals surface area contributed by atoms with Gasteiger partial charge in [-0.2, -0.15) is 0 Å². The Kier molecular flexibility index (Phi) is 3.45. The molecule has 0 spiro atoms. The second-order valence-corrected chi connectivity index (χ2v) is 4.78. The van der Waals surface area contributed by atoms with E-state index in [2.05, 4.69) is 0 Å². The van der Waals surface area contributed by atoms with Crippen molar-refractivity contribution in [1.29, 1.82) is 0 Å². The minimum Gasteiger partial charge on any atom is -0.324 e. The van der Waals surface area contributed by atoms with Crippen molar-refractivity contribution in [2.24, 2.45) is 0 Å². The van der Waals surface area contributed by atoms with Crippen molar-refractivity contribution in [2.45, 2.75) is 0 Å². The fourth-order valence-corrected chi connectivity index (χ4v) is 1.75. The molecule has 0 fully saturated rings. The van der Waals surface area contributed by atoms with Crippen molar-refractivity contribution in [3.63, 3.8) is 0 Å². The highest BCUT2D eigenvalue weighted by Crippen LogP contribution is 2.35. The Morgan fingerprint density at radius 1 is 1.36 bits per heavy atom. The minimum atomic E-state index is -4.32. The van der Waals surface area contributed by atoms with Crippen LogP contribution in [0.25, 0.3) is 0 Å². The van der Waals surface area contributed by atoms with Crippen molar-refractivity contribution >= 4 is 25.0 Å². The molecule has 0 saturated heterocycles. The van der Waals surface area contributed by atoms with Gasteiger partial charge in [0.2, 0.25) is 0 Å². The molecule has 0 bridgehead atoms. The molecule has 14 heavy (non-hydrogen) atoms. The third-order valence-electron chi connectivity index (χ3n) is 1.52. The highest BCUT2D eigenvalue weighted by atomic mass is 35.5. The fourth-order valence-electron chi connectivity index (χ4n) is 0.960. The van der Waals surface area contributed by atoms with Crippen LogP contribution in [0.4, 0.5) is 0 Å². The van der Waals surface area contributed by atoms with Gasteiger partial charge in [0.15, 0.2) is 5.78 Å². The van der Waals surface area contributed by atoms with Crippen molar-refractivity contribution in [1.82, 2.24) is 0 Å². The Morgan fingerprint density at radius 2 is 1.93 bits per heavy atom. The molecule has 0 aromatic heterocycles. The average molecular weight is 235 g/mol. The number of hydrogen-bond acceptors (Lipinski definition) is 2. The summed E-state index contributed by atoms with van der Waals surface area (Å²) in [4.78, 5) is 28.5. The number of Topliss-reactive ketones (excluding diaryl/α,β-unsaturated/α-hetero) is 1. The van der Waals surface area contributed by atoms with E-state index in [1.165, 1.54) is 12.1 Å². The fraction of sp³-hybridized carbons (Fsp3) is 0.125. The van der Waals surface area contributed by atoms with Gasteiger partial charge in [-0.15, -0.1) is 0 Å². The summed E-state index contributed by atoms with van der Waals surface area (Å²) in [7, 11) is -4.32. The number of carbonyl (C=O) groups excluding carboxylic acids is 1. The number of hydrogen-bond donors (Lipinski definition) is 2. The lowest BCUT2D eigenvalue weighted by atomic mass is 10.1. The molecule has 0 aliphatic heterocycles. The molecular weight excluding hydrogens is 227 g/mol. The summed E-state index contributed by atoms with van der Waals surface area (Å²) in [5.41, 5.74) is 0.137. The van der Waals surface area contributed by atoms with Gasteiger partial charge in [0.05, 0.1) is 5.02 Å². The van der Waals surface area contributed by atoms with Crippen LogP contribution < -0.4 is 0 Å². The molecule has 1 rings (SSSR count). The van der Waals surface area contributed by atoms with Crippen LogP contribution in [0, 0.1) is 0 Å². The Balaban J connectivity index is 2.91. The van der Waals surface area contributed by atoms with E-state index in [1.807, 2.05) is 0 Å². The van der Waals surface area contributed by atoms with E-state index in [9.17, 15) is 9.36 Å². The normalized spacial score (nSPS) is 11.4. The summed E-state index contributed by atoms with van der Waals surface area (Å²) in [5.74, 6) is -0.649. The van der Waals surface area contributed by atoms with Gasteiger partial charge in [-0.05, 0) is 12.1 Å². The number of rotatable bonds is 3. The van der Waals surface area contributed by atoms with Crippen LogP contribution in [0.5, 0.6) is 0 Å². The van der Waals surface area contributed by atoms with Gasteiger partial charge < -0.3 is 9.79 Å². The quantitative estimate of drug-likeness (QED) is 0.617. The van der Waals surface area contributed by atoms with Crippen molar-refractivity contribution in [3.05, 3.63) is 34.9 Å².